The van der Waals surface area contributed by atoms with Gasteiger partial charge in [0.25, 0.3) is 5.91 Å². The highest BCUT2D eigenvalue weighted by atomic mass is 16.2. The number of benzene rings is 1. The first-order valence-electron chi connectivity index (χ1n) is 8.31. The maximum atomic E-state index is 12.6. The van der Waals surface area contributed by atoms with Crippen LogP contribution in [0.15, 0.2) is 24.3 Å². The number of carbonyl (C=O) groups excluding carboxylic acids is 1. The Morgan fingerprint density at radius 2 is 1.67 bits per heavy atom. The molecule has 0 radical (unpaired) electrons. The van der Waals surface area contributed by atoms with E-state index in [0.717, 1.165) is 25.1 Å². The average Bonchev–Trinajstić information content (AvgIpc) is 2.97. The number of hydrogen-bond donors (Lipinski definition) is 1. The highest BCUT2D eigenvalue weighted by molar-refractivity contribution is 5.94. The molecule has 1 saturated heterocycles. The average molecular weight is 286 g/mol. The zero-order valence-electron chi connectivity index (χ0n) is 12.8. The van der Waals surface area contributed by atoms with Crippen LogP contribution in [0.25, 0.3) is 0 Å². The summed E-state index contributed by atoms with van der Waals surface area (Å²) >= 11 is 0. The molecule has 0 unspecified atom stereocenters. The number of rotatable bonds is 3. The van der Waals surface area contributed by atoms with Crippen molar-refractivity contribution in [2.75, 3.05) is 19.6 Å². The minimum Gasteiger partial charge on any atom is -0.339 e. The van der Waals surface area contributed by atoms with E-state index in [1.165, 1.54) is 44.1 Å². The van der Waals surface area contributed by atoms with Gasteiger partial charge in [0.2, 0.25) is 0 Å². The zero-order valence-corrected chi connectivity index (χ0v) is 12.8. The molecule has 3 rings (SSSR count). The Labute approximate surface area is 127 Å². The normalized spacial score (nSPS) is 20.9. The lowest BCUT2D eigenvalue weighted by molar-refractivity contribution is 0.0587. The van der Waals surface area contributed by atoms with E-state index in [-0.39, 0.29) is 5.91 Å². The van der Waals surface area contributed by atoms with Crippen LogP contribution in [0.2, 0.25) is 0 Å². The highest BCUT2D eigenvalue weighted by Crippen LogP contribution is 2.46. The van der Waals surface area contributed by atoms with E-state index in [4.69, 9.17) is 5.73 Å². The lowest BCUT2D eigenvalue weighted by Gasteiger charge is -2.39. The van der Waals surface area contributed by atoms with Gasteiger partial charge in [-0.05, 0) is 61.8 Å². The summed E-state index contributed by atoms with van der Waals surface area (Å²) in [4.78, 5) is 14.6. The molecule has 1 aromatic carbocycles. The highest BCUT2D eigenvalue weighted by Gasteiger charge is 2.37. The molecule has 0 bridgehead atoms. The number of nitrogens with zero attached hydrogens (tertiary/aromatic N) is 1. The quantitative estimate of drug-likeness (QED) is 0.928. The van der Waals surface area contributed by atoms with Crippen molar-refractivity contribution in [3.05, 3.63) is 35.4 Å². The minimum atomic E-state index is 0.196. The van der Waals surface area contributed by atoms with Crippen molar-refractivity contribution in [1.82, 2.24) is 4.90 Å². The molecule has 0 aromatic heterocycles. The lowest BCUT2D eigenvalue weighted by atomic mass is 9.77. The summed E-state index contributed by atoms with van der Waals surface area (Å²) in [7, 11) is 0. The van der Waals surface area contributed by atoms with Gasteiger partial charge in [0.1, 0.15) is 0 Å². The Hall–Kier alpha value is -1.35. The summed E-state index contributed by atoms with van der Waals surface area (Å²) in [6.45, 7) is 2.52. The molecule has 3 heteroatoms. The molecule has 21 heavy (non-hydrogen) atoms. The lowest BCUT2D eigenvalue weighted by Crippen LogP contribution is -2.42. The summed E-state index contributed by atoms with van der Waals surface area (Å²) in [5.41, 5.74) is 8.15. The summed E-state index contributed by atoms with van der Waals surface area (Å²) < 4.78 is 0. The van der Waals surface area contributed by atoms with Gasteiger partial charge in [-0.2, -0.15) is 0 Å². The molecule has 1 aliphatic heterocycles. The van der Waals surface area contributed by atoms with Crippen LogP contribution in [0.3, 0.4) is 0 Å². The van der Waals surface area contributed by atoms with E-state index in [9.17, 15) is 4.79 Å². The third-order valence-corrected chi connectivity index (χ3v) is 5.41. The molecule has 1 aliphatic carbocycles. The maximum Gasteiger partial charge on any atom is 0.253 e. The third kappa shape index (κ3) is 3.13. The van der Waals surface area contributed by atoms with Crippen molar-refractivity contribution in [3.8, 4) is 0 Å². The number of carbonyl (C=O) groups is 1. The third-order valence-electron chi connectivity index (χ3n) is 5.41. The van der Waals surface area contributed by atoms with Crippen molar-refractivity contribution in [2.45, 2.75) is 44.9 Å². The standard InChI is InChI=1S/C18H26N2O/c19-12-7-15-3-5-16(6-4-15)17(21)20-13-10-18(11-14-20)8-1-2-9-18/h3-6H,1-2,7-14,19H2. The first-order valence-corrected chi connectivity index (χ1v) is 8.31. The maximum absolute atomic E-state index is 12.6. The Bertz CT molecular complexity index is 478. The Kier molecular flexibility index (Phi) is 4.29. The number of nitrogens with two attached hydrogens (primary N) is 1. The fourth-order valence-corrected chi connectivity index (χ4v) is 3.97. The zero-order chi connectivity index (χ0) is 14.7. The minimum absolute atomic E-state index is 0.196. The first kappa shape index (κ1) is 14.6. The molecule has 1 heterocycles. The van der Waals surface area contributed by atoms with Gasteiger partial charge >= 0.3 is 0 Å². The van der Waals surface area contributed by atoms with E-state index in [1.807, 2.05) is 29.2 Å². The van der Waals surface area contributed by atoms with Crippen LogP contribution in [0.4, 0.5) is 0 Å². The van der Waals surface area contributed by atoms with Gasteiger partial charge in [0.15, 0.2) is 0 Å². The van der Waals surface area contributed by atoms with Crippen LogP contribution >= 0.6 is 0 Å². The van der Waals surface area contributed by atoms with Crippen LogP contribution < -0.4 is 5.73 Å². The molecule has 3 nitrogen and oxygen atoms in total. The Morgan fingerprint density at radius 3 is 2.24 bits per heavy atom. The number of hydrogen-bond acceptors (Lipinski definition) is 2. The van der Waals surface area contributed by atoms with Gasteiger partial charge in [-0.1, -0.05) is 25.0 Å². The predicted molar refractivity (Wildman–Crippen MR) is 85.2 cm³/mol. The van der Waals surface area contributed by atoms with Crippen LogP contribution in [0, 0.1) is 5.41 Å². The number of likely N-dealkylation sites (tertiary alicyclic amines) is 1. The smallest absolute Gasteiger partial charge is 0.253 e. The van der Waals surface area contributed by atoms with Crippen LogP contribution in [0.1, 0.15) is 54.4 Å². The second-order valence-corrected chi connectivity index (χ2v) is 6.73. The van der Waals surface area contributed by atoms with Crippen LogP contribution in [-0.4, -0.2) is 30.4 Å². The van der Waals surface area contributed by atoms with Crippen molar-refractivity contribution >= 4 is 5.91 Å². The second kappa shape index (κ2) is 6.18. The first-order chi connectivity index (χ1) is 10.2. The Balaban J connectivity index is 1.60. The van der Waals surface area contributed by atoms with E-state index in [2.05, 4.69) is 0 Å². The largest absolute Gasteiger partial charge is 0.339 e. The van der Waals surface area contributed by atoms with Gasteiger partial charge < -0.3 is 10.6 Å². The molecule has 2 aliphatic rings. The number of piperidine rings is 1. The van der Waals surface area contributed by atoms with Gasteiger partial charge in [-0.25, -0.2) is 0 Å². The molecular weight excluding hydrogens is 260 g/mol. The molecular formula is C18H26N2O. The summed E-state index contributed by atoms with van der Waals surface area (Å²) in [5.74, 6) is 0.196. The van der Waals surface area contributed by atoms with Gasteiger partial charge in [-0.15, -0.1) is 0 Å². The van der Waals surface area contributed by atoms with Crippen LogP contribution in [-0.2, 0) is 6.42 Å². The SMILES string of the molecule is NCCc1ccc(C(=O)N2CCC3(CCCC3)CC2)cc1. The molecule has 2 fully saturated rings. The summed E-state index contributed by atoms with van der Waals surface area (Å²) in [6, 6.07) is 7.96. The monoisotopic (exact) mass is 286 g/mol. The predicted octanol–water partition coefficient (Wildman–Crippen LogP) is 2.98. The van der Waals surface area contributed by atoms with Gasteiger partial charge in [-0.3, -0.25) is 4.79 Å². The van der Waals surface area contributed by atoms with Crippen molar-refractivity contribution in [2.24, 2.45) is 11.1 Å². The van der Waals surface area contributed by atoms with Gasteiger partial charge in [0, 0.05) is 18.7 Å². The fourth-order valence-electron chi connectivity index (χ4n) is 3.97. The summed E-state index contributed by atoms with van der Waals surface area (Å²) in [5, 5.41) is 0. The van der Waals surface area contributed by atoms with E-state index < -0.39 is 0 Å². The van der Waals surface area contributed by atoms with E-state index in [1.54, 1.807) is 0 Å². The molecule has 1 saturated carbocycles. The molecule has 1 spiro atoms. The van der Waals surface area contributed by atoms with E-state index >= 15 is 0 Å². The summed E-state index contributed by atoms with van der Waals surface area (Å²) in [6.07, 6.45) is 8.80. The molecule has 0 atom stereocenters. The van der Waals surface area contributed by atoms with Gasteiger partial charge in [0.05, 0.1) is 0 Å². The van der Waals surface area contributed by atoms with Crippen molar-refractivity contribution in [3.63, 3.8) is 0 Å². The molecule has 2 N–H and O–H groups in total. The number of amides is 1. The molecule has 1 amide bonds. The van der Waals surface area contributed by atoms with Crippen LogP contribution in [0.5, 0.6) is 0 Å². The molecule has 1 aromatic rings. The van der Waals surface area contributed by atoms with E-state index in [0.29, 0.717) is 12.0 Å². The van der Waals surface area contributed by atoms with Crippen molar-refractivity contribution in [1.29, 1.82) is 0 Å². The fraction of sp³-hybridized carbons (Fsp3) is 0.611. The second-order valence-electron chi connectivity index (χ2n) is 6.73. The topological polar surface area (TPSA) is 46.3 Å². The Morgan fingerprint density at radius 1 is 1.05 bits per heavy atom. The van der Waals surface area contributed by atoms with Crippen molar-refractivity contribution < 1.29 is 4.79 Å². The molecule has 114 valence electrons.